The highest BCUT2D eigenvalue weighted by Crippen LogP contribution is 2.25. The molecule has 0 bridgehead atoms. The number of halogens is 2. The highest BCUT2D eigenvalue weighted by atomic mass is 35.5. The van der Waals surface area contributed by atoms with Crippen LogP contribution in [-0.4, -0.2) is 29.4 Å². The summed E-state index contributed by atoms with van der Waals surface area (Å²) >= 11 is 12.1. The van der Waals surface area contributed by atoms with E-state index in [1.54, 1.807) is 48.5 Å². The zero-order valence-corrected chi connectivity index (χ0v) is 15.6. The number of likely N-dealkylation sites (N-methyl/N-ethyl adjacent to an activating group) is 1. The Morgan fingerprint density at radius 2 is 1.70 bits per heavy atom. The van der Waals surface area contributed by atoms with Crippen LogP contribution in [0.4, 0.5) is 5.69 Å². The minimum Gasteiger partial charge on any atom is -0.351 e. The van der Waals surface area contributed by atoms with E-state index in [9.17, 15) is 14.4 Å². The van der Waals surface area contributed by atoms with E-state index < -0.39 is 17.7 Å². The van der Waals surface area contributed by atoms with Crippen LogP contribution in [0.1, 0.15) is 10.5 Å². The monoisotopic (exact) mass is 404 g/mol. The predicted molar refractivity (Wildman–Crippen MR) is 105 cm³/mol. The van der Waals surface area contributed by atoms with Gasteiger partial charge in [-0.2, -0.15) is 0 Å². The van der Waals surface area contributed by atoms with Crippen LogP contribution >= 0.6 is 23.2 Å². The Hall–Kier alpha value is -3.03. The summed E-state index contributed by atoms with van der Waals surface area (Å²) in [5, 5.41) is 6.36. The van der Waals surface area contributed by atoms with Gasteiger partial charge in [0.1, 0.15) is 5.69 Å². The Bertz CT molecular complexity index is 1060. The van der Waals surface area contributed by atoms with Gasteiger partial charge in [0.05, 0.1) is 16.2 Å². The van der Waals surface area contributed by atoms with Crippen molar-refractivity contribution in [3.63, 3.8) is 0 Å². The van der Waals surface area contributed by atoms with E-state index >= 15 is 0 Å². The first-order valence-corrected chi connectivity index (χ1v) is 8.56. The predicted octanol–water partition coefficient (Wildman–Crippen LogP) is 3.02. The number of amides is 3. The third-order valence-corrected chi connectivity index (χ3v) is 4.33. The van der Waals surface area contributed by atoms with Crippen LogP contribution in [-0.2, 0) is 9.59 Å². The highest BCUT2D eigenvalue weighted by molar-refractivity contribution is 6.38. The molecule has 3 N–H and O–H groups in total. The Morgan fingerprint density at radius 3 is 2.41 bits per heavy atom. The van der Waals surface area contributed by atoms with Gasteiger partial charge >= 0.3 is 11.8 Å². The van der Waals surface area contributed by atoms with Crippen LogP contribution in [0.15, 0.2) is 48.5 Å². The number of hydrogen-bond donors (Lipinski definition) is 3. The van der Waals surface area contributed by atoms with Gasteiger partial charge in [0.2, 0.25) is 0 Å². The van der Waals surface area contributed by atoms with Gasteiger partial charge in [-0.25, -0.2) is 4.68 Å². The van der Waals surface area contributed by atoms with Crippen LogP contribution in [0.25, 0.3) is 10.9 Å². The maximum absolute atomic E-state index is 12.8. The normalized spacial score (nSPS) is 10.5. The van der Waals surface area contributed by atoms with E-state index in [0.717, 1.165) is 0 Å². The lowest BCUT2D eigenvalue weighted by atomic mass is 10.2. The summed E-state index contributed by atoms with van der Waals surface area (Å²) in [5.41, 5.74) is 3.43. The summed E-state index contributed by atoms with van der Waals surface area (Å²) < 4.78 is 1.23. The molecule has 138 valence electrons. The minimum absolute atomic E-state index is 0.101. The van der Waals surface area contributed by atoms with Crippen molar-refractivity contribution >= 4 is 57.5 Å². The molecule has 0 unspecified atom stereocenters. The van der Waals surface area contributed by atoms with E-state index in [-0.39, 0.29) is 5.69 Å². The van der Waals surface area contributed by atoms with Gasteiger partial charge in [0.15, 0.2) is 0 Å². The SMILES string of the molecule is CNC(=O)C(=O)Nn1c(C(=O)Nc2ccccc2Cl)cc2cc(Cl)ccc21. The fourth-order valence-electron chi connectivity index (χ4n) is 2.49. The number of para-hydroxylation sites is 1. The molecule has 27 heavy (non-hydrogen) atoms. The van der Waals surface area contributed by atoms with Crippen molar-refractivity contribution in [2.24, 2.45) is 0 Å². The molecule has 0 aliphatic carbocycles. The molecular weight excluding hydrogens is 391 g/mol. The van der Waals surface area contributed by atoms with Crippen molar-refractivity contribution in [1.29, 1.82) is 0 Å². The van der Waals surface area contributed by atoms with Crippen molar-refractivity contribution in [2.75, 3.05) is 17.8 Å². The first kappa shape index (κ1) is 18.8. The second kappa shape index (κ2) is 7.69. The van der Waals surface area contributed by atoms with Gasteiger partial charge in [-0.1, -0.05) is 35.3 Å². The summed E-state index contributed by atoms with van der Waals surface area (Å²) in [5.74, 6) is -2.28. The zero-order chi connectivity index (χ0) is 19.6. The van der Waals surface area contributed by atoms with Crippen molar-refractivity contribution in [1.82, 2.24) is 9.99 Å². The number of carbonyl (C=O) groups excluding carboxylic acids is 3. The lowest BCUT2D eigenvalue weighted by Gasteiger charge is -2.12. The maximum Gasteiger partial charge on any atom is 0.328 e. The number of anilines is 1. The van der Waals surface area contributed by atoms with E-state index in [4.69, 9.17) is 23.2 Å². The van der Waals surface area contributed by atoms with Crippen molar-refractivity contribution in [2.45, 2.75) is 0 Å². The average molecular weight is 405 g/mol. The van der Waals surface area contributed by atoms with Gasteiger partial charge < -0.3 is 10.6 Å². The molecule has 0 fully saturated rings. The molecule has 0 atom stereocenters. The first-order chi connectivity index (χ1) is 12.9. The standard InChI is InChI=1S/C18H14Cl2N4O3/c1-21-17(26)18(27)23-24-14-7-6-11(19)8-10(14)9-15(24)16(25)22-13-5-3-2-4-12(13)20/h2-9H,1H3,(H,21,26)(H,22,25)(H,23,27). The molecule has 0 aliphatic rings. The Labute approximate surface area is 164 Å². The molecule has 1 heterocycles. The molecular formula is C18H14Cl2N4O3. The number of nitrogens with zero attached hydrogens (tertiary/aromatic N) is 1. The largest absolute Gasteiger partial charge is 0.351 e. The van der Waals surface area contributed by atoms with Crippen molar-refractivity contribution < 1.29 is 14.4 Å². The number of benzene rings is 2. The fraction of sp³-hybridized carbons (Fsp3) is 0.0556. The molecule has 2 aromatic carbocycles. The lowest BCUT2D eigenvalue weighted by Crippen LogP contribution is -2.38. The van der Waals surface area contributed by atoms with Crippen LogP contribution in [0, 0.1) is 0 Å². The summed E-state index contributed by atoms with van der Waals surface area (Å²) in [4.78, 5) is 36.4. The molecule has 0 saturated heterocycles. The van der Waals surface area contributed by atoms with E-state index in [1.807, 2.05) is 0 Å². The van der Waals surface area contributed by atoms with Gasteiger partial charge in [0.25, 0.3) is 5.91 Å². The van der Waals surface area contributed by atoms with Crippen LogP contribution in [0.2, 0.25) is 10.0 Å². The van der Waals surface area contributed by atoms with Crippen molar-refractivity contribution in [3.05, 3.63) is 64.3 Å². The topological polar surface area (TPSA) is 92.2 Å². The van der Waals surface area contributed by atoms with E-state index in [2.05, 4.69) is 16.1 Å². The van der Waals surface area contributed by atoms with Crippen LogP contribution in [0.3, 0.4) is 0 Å². The molecule has 9 heteroatoms. The number of carbonyl (C=O) groups is 3. The molecule has 0 aliphatic heterocycles. The second-order valence-corrected chi connectivity index (χ2v) is 6.37. The molecule has 0 spiro atoms. The molecule has 0 saturated carbocycles. The number of rotatable bonds is 3. The Balaban J connectivity index is 2.04. The molecule has 3 rings (SSSR count). The number of aromatic nitrogens is 1. The zero-order valence-electron chi connectivity index (χ0n) is 14.0. The summed E-state index contributed by atoms with van der Waals surface area (Å²) in [6, 6.07) is 13.2. The smallest absolute Gasteiger partial charge is 0.328 e. The fourth-order valence-corrected chi connectivity index (χ4v) is 2.85. The van der Waals surface area contributed by atoms with Gasteiger partial charge in [-0.15, -0.1) is 0 Å². The van der Waals surface area contributed by atoms with Crippen LogP contribution < -0.4 is 16.1 Å². The molecule has 7 nitrogen and oxygen atoms in total. The summed E-state index contributed by atoms with van der Waals surface area (Å²) in [6.45, 7) is 0. The third-order valence-electron chi connectivity index (χ3n) is 3.76. The van der Waals surface area contributed by atoms with Gasteiger partial charge in [-0.05, 0) is 36.4 Å². The minimum atomic E-state index is -0.920. The van der Waals surface area contributed by atoms with Gasteiger partial charge in [-0.3, -0.25) is 19.8 Å². The highest BCUT2D eigenvalue weighted by Gasteiger charge is 2.20. The molecule has 3 aromatic rings. The van der Waals surface area contributed by atoms with E-state index in [1.165, 1.54) is 11.7 Å². The molecule has 3 amide bonds. The summed E-state index contributed by atoms with van der Waals surface area (Å²) in [6.07, 6.45) is 0. The quantitative estimate of drug-likeness (QED) is 0.585. The number of hydrogen-bond acceptors (Lipinski definition) is 3. The Morgan fingerprint density at radius 1 is 0.963 bits per heavy atom. The average Bonchev–Trinajstić information content (AvgIpc) is 3.00. The Kier molecular flexibility index (Phi) is 5.34. The first-order valence-electron chi connectivity index (χ1n) is 7.80. The van der Waals surface area contributed by atoms with Crippen molar-refractivity contribution in [3.8, 4) is 0 Å². The summed E-state index contributed by atoms with van der Waals surface area (Å²) in [7, 11) is 1.33. The molecule has 0 radical (unpaired) electrons. The second-order valence-electron chi connectivity index (χ2n) is 5.52. The van der Waals surface area contributed by atoms with Crippen LogP contribution in [0.5, 0.6) is 0 Å². The number of fused-ring (bicyclic) bond motifs is 1. The van der Waals surface area contributed by atoms with E-state index in [0.29, 0.717) is 26.6 Å². The lowest BCUT2D eigenvalue weighted by molar-refractivity contribution is -0.136. The maximum atomic E-state index is 12.8. The van der Waals surface area contributed by atoms with Gasteiger partial charge in [0, 0.05) is 17.5 Å². The number of nitrogens with one attached hydrogen (secondary N) is 3. The third kappa shape index (κ3) is 3.89. The molecule has 1 aromatic heterocycles.